The molecule has 0 spiro atoms. The molecule has 1 aliphatic rings. The Morgan fingerprint density at radius 3 is 2.23 bits per heavy atom. The van der Waals surface area contributed by atoms with E-state index in [1.807, 2.05) is 52.8 Å². The van der Waals surface area contributed by atoms with E-state index in [1.165, 1.54) is 0 Å². The van der Waals surface area contributed by atoms with E-state index in [0.717, 1.165) is 18.3 Å². The Balaban J connectivity index is 2.28. The Morgan fingerprint density at radius 2 is 1.73 bits per heavy atom. The van der Waals surface area contributed by atoms with Gasteiger partial charge in [0.2, 0.25) is 10.0 Å². The van der Waals surface area contributed by atoms with Crippen LogP contribution in [0.5, 0.6) is 5.75 Å². The van der Waals surface area contributed by atoms with Crippen LogP contribution in [0.4, 0.5) is 5.69 Å². The lowest BCUT2D eigenvalue weighted by molar-refractivity contribution is 0.00578. The first-order valence-corrected chi connectivity index (χ1v) is 10.4. The number of likely N-dealkylation sites (N-methyl/N-ethyl adjacent to an activating group) is 1. The summed E-state index contributed by atoms with van der Waals surface area (Å²) in [6, 6.07) is 5.28. The van der Waals surface area contributed by atoms with Crippen LogP contribution in [0.1, 0.15) is 27.7 Å². The van der Waals surface area contributed by atoms with Crippen molar-refractivity contribution < 1.29 is 22.5 Å². The Bertz CT molecular complexity index is 734. The highest BCUT2D eigenvalue weighted by Crippen LogP contribution is 2.37. The van der Waals surface area contributed by atoms with Gasteiger partial charge >= 0.3 is 7.12 Å². The summed E-state index contributed by atoms with van der Waals surface area (Å²) in [5, 5.41) is 0. The molecule has 146 valence electrons. The fourth-order valence-corrected chi connectivity index (χ4v) is 2.98. The highest BCUT2D eigenvalue weighted by molar-refractivity contribution is 7.92. The summed E-state index contributed by atoms with van der Waals surface area (Å²) in [5.41, 5.74) is 0.166. The molecule has 1 aliphatic heterocycles. The maximum atomic E-state index is 11.7. The van der Waals surface area contributed by atoms with E-state index in [-0.39, 0.29) is 0 Å². The van der Waals surface area contributed by atoms with Crippen LogP contribution in [0.3, 0.4) is 0 Å². The van der Waals surface area contributed by atoms with Gasteiger partial charge in [-0.05, 0) is 59.4 Å². The third-order valence-electron chi connectivity index (χ3n) is 4.62. The Hall–Kier alpha value is -1.29. The topological polar surface area (TPSA) is 77.1 Å². The normalized spacial score (nSPS) is 19.0. The van der Waals surface area contributed by atoms with Gasteiger partial charge in [-0.15, -0.1) is 0 Å². The first-order chi connectivity index (χ1) is 11.8. The van der Waals surface area contributed by atoms with E-state index in [0.29, 0.717) is 18.0 Å². The summed E-state index contributed by atoms with van der Waals surface area (Å²) in [4.78, 5) is 1.99. The number of hydrogen-bond donors (Lipinski definition) is 1. The maximum absolute atomic E-state index is 11.7. The Morgan fingerprint density at radius 1 is 1.15 bits per heavy atom. The van der Waals surface area contributed by atoms with Gasteiger partial charge in [-0.3, -0.25) is 4.72 Å². The molecule has 2 rings (SSSR count). The zero-order chi connectivity index (χ0) is 19.8. The third-order valence-corrected chi connectivity index (χ3v) is 5.21. The minimum Gasteiger partial charge on any atom is -0.490 e. The molecule has 26 heavy (non-hydrogen) atoms. The van der Waals surface area contributed by atoms with E-state index in [9.17, 15) is 8.42 Å². The van der Waals surface area contributed by atoms with Crippen molar-refractivity contribution in [2.45, 2.75) is 38.9 Å². The molecule has 1 aromatic carbocycles. The van der Waals surface area contributed by atoms with Crippen LogP contribution in [0.25, 0.3) is 0 Å². The van der Waals surface area contributed by atoms with Crippen molar-refractivity contribution in [2.75, 3.05) is 38.2 Å². The number of hydrogen-bond acceptors (Lipinski definition) is 6. The van der Waals surface area contributed by atoms with Gasteiger partial charge < -0.3 is 18.9 Å². The average Bonchev–Trinajstić information content (AvgIpc) is 2.67. The van der Waals surface area contributed by atoms with Crippen molar-refractivity contribution in [1.29, 1.82) is 0 Å². The van der Waals surface area contributed by atoms with Crippen molar-refractivity contribution in [3.63, 3.8) is 0 Å². The second-order valence-electron chi connectivity index (χ2n) is 7.87. The highest BCUT2D eigenvalue weighted by Gasteiger charge is 2.51. The largest absolute Gasteiger partial charge is 0.494 e. The molecule has 1 N–H and O–H groups in total. The molecule has 0 saturated carbocycles. The van der Waals surface area contributed by atoms with Crippen molar-refractivity contribution >= 4 is 28.3 Å². The van der Waals surface area contributed by atoms with Crippen LogP contribution >= 0.6 is 0 Å². The van der Waals surface area contributed by atoms with Gasteiger partial charge in [-0.1, -0.05) is 6.07 Å². The number of sulfonamides is 1. The smallest absolute Gasteiger partial charge is 0.490 e. The fourth-order valence-electron chi connectivity index (χ4n) is 2.42. The van der Waals surface area contributed by atoms with Crippen LogP contribution in [0, 0.1) is 0 Å². The minimum atomic E-state index is -3.45. The number of benzene rings is 1. The van der Waals surface area contributed by atoms with Crippen LogP contribution in [0.15, 0.2) is 18.2 Å². The van der Waals surface area contributed by atoms with Crippen molar-refractivity contribution in [1.82, 2.24) is 4.90 Å². The third kappa shape index (κ3) is 5.13. The zero-order valence-corrected chi connectivity index (χ0v) is 17.4. The SMILES string of the molecule is CN(C)CCOc1ccc(B2OC(C)(C)C(C)(C)O2)cc1NS(C)(=O)=O. The van der Waals surface area contributed by atoms with Crippen LogP contribution in [-0.4, -0.2) is 65.1 Å². The van der Waals surface area contributed by atoms with Crippen LogP contribution < -0.4 is 14.9 Å². The molecule has 0 radical (unpaired) electrons. The summed E-state index contributed by atoms with van der Waals surface area (Å²) in [6.45, 7) is 9.06. The maximum Gasteiger partial charge on any atom is 0.494 e. The lowest BCUT2D eigenvalue weighted by Gasteiger charge is -2.32. The molecule has 0 unspecified atom stereocenters. The fraction of sp³-hybridized carbons (Fsp3) is 0.647. The predicted molar refractivity (Wildman–Crippen MR) is 105 cm³/mol. The van der Waals surface area contributed by atoms with Crippen LogP contribution in [0.2, 0.25) is 0 Å². The van der Waals surface area contributed by atoms with Crippen molar-refractivity contribution in [3.05, 3.63) is 18.2 Å². The second kappa shape index (κ2) is 7.38. The molecule has 0 aliphatic carbocycles. The predicted octanol–water partition coefficient (Wildman–Crippen LogP) is 1.30. The molecule has 0 aromatic heterocycles. The number of ether oxygens (including phenoxy) is 1. The molecule has 7 nitrogen and oxygen atoms in total. The summed E-state index contributed by atoms with van der Waals surface area (Å²) < 4.78 is 43.8. The summed E-state index contributed by atoms with van der Waals surface area (Å²) >= 11 is 0. The molecule has 1 aromatic rings. The lowest BCUT2D eigenvalue weighted by atomic mass is 9.79. The molecule has 1 heterocycles. The molecule has 9 heteroatoms. The van der Waals surface area contributed by atoms with Crippen molar-refractivity contribution in [3.8, 4) is 5.75 Å². The summed E-state index contributed by atoms with van der Waals surface area (Å²) in [6.07, 6.45) is 1.11. The molecular weight excluding hydrogens is 355 g/mol. The van der Waals surface area contributed by atoms with E-state index < -0.39 is 28.3 Å². The van der Waals surface area contributed by atoms with Crippen LogP contribution in [-0.2, 0) is 19.3 Å². The van der Waals surface area contributed by atoms with E-state index in [2.05, 4.69) is 4.72 Å². The average molecular weight is 384 g/mol. The number of nitrogens with one attached hydrogen (secondary N) is 1. The molecular formula is C17H29BN2O5S. The summed E-state index contributed by atoms with van der Waals surface area (Å²) in [5.74, 6) is 0.470. The van der Waals surface area contributed by atoms with Gasteiger partial charge in [0.1, 0.15) is 12.4 Å². The van der Waals surface area contributed by atoms with Crippen molar-refractivity contribution in [2.24, 2.45) is 0 Å². The van der Waals surface area contributed by atoms with Gasteiger partial charge in [0.15, 0.2) is 0 Å². The molecule has 1 fully saturated rings. The van der Waals surface area contributed by atoms with E-state index >= 15 is 0 Å². The molecule has 1 saturated heterocycles. The Labute approximate surface area is 157 Å². The molecule has 0 bridgehead atoms. The molecule has 0 atom stereocenters. The lowest BCUT2D eigenvalue weighted by Crippen LogP contribution is -2.41. The Kier molecular flexibility index (Phi) is 5.97. The number of nitrogens with zero attached hydrogens (tertiary/aromatic N) is 1. The minimum absolute atomic E-state index is 0.374. The monoisotopic (exact) mass is 384 g/mol. The highest BCUT2D eigenvalue weighted by atomic mass is 32.2. The van der Waals surface area contributed by atoms with Gasteiger partial charge in [-0.25, -0.2) is 8.42 Å². The van der Waals surface area contributed by atoms with E-state index in [1.54, 1.807) is 12.1 Å². The number of anilines is 1. The van der Waals surface area contributed by atoms with Gasteiger partial charge in [0, 0.05) is 6.54 Å². The zero-order valence-electron chi connectivity index (χ0n) is 16.6. The second-order valence-corrected chi connectivity index (χ2v) is 9.62. The van der Waals surface area contributed by atoms with E-state index in [4.69, 9.17) is 14.0 Å². The summed E-state index contributed by atoms with van der Waals surface area (Å²) in [7, 11) is -0.133. The van der Waals surface area contributed by atoms with Gasteiger partial charge in [-0.2, -0.15) is 0 Å². The van der Waals surface area contributed by atoms with Gasteiger partial charge in [0.05, 0.1) is 23.1 Å². The first kappa shape index (κ1) is 21.0. The number of rotatable bonds is 7. The first-order valence-electron chi connectivity index (χ1n) is 8.56. The quantitative estimate of drug-likeness (QED) is 0.715. The standard InChI is InChI=1S/C17H29BN2O5S/c1-16(2)17(3,4)25-18(24-16)13-8-9-15(23-11-10-20(5)6)14(12-13)19-26(7,21)22/h8-9,12,19H,10-11H2,1-7H3. The molecule has 0 amide bonds. The van der Waals surface area contributed by atoms with Gasteiger partial charge in [0.25, 0.3) is 0 Å².